The first-order valence-electron chi connectivity index (χ1n) is 10.9. The van der Waals surface area contributed by atoms with E-state index in [0.29, 0.717) is 5.92 Å². The molecule has 0 bridgehead atoms. The number of hydrogen-bond donors (Lipinski definition) is 0. The molecule has 1 atom stereocenters. The second-order valence-corrected chi connectivity index (χ2v) is 7.23. The lowest BCUT2D eigenvalue weighted by atomic mass is 9.91. The van der Waals surface area contributed by atoms with Gasteiger partial charge in [-0.05, 0) is 73.3 Å². The van der Waals surface area contributed by atoms with Gasteiger partial charge in [0.2, 0.25) is 0 Å². The van der Waals surface area contributed by atoms with Gasteiger partial charge in [-0.1, -0.05) is 88.6 Å². The van der Waals surface area contributed by atoms with Gasteiger partial charge >= 0.3 is 0 Å². The zero-order valence-electron chi connectivity index (χ0n) is 18.8. The Morgan fingerprint density at radius 2 is 1.57 bits per heavy atom. The van der Waals surface area contributed by atoms with Crippen molar-refractivity contribution in [2.24, 2.45) is 0 Å². The van der Waals surface area contributed by atoms with Crippen molar-refractivity contribution in [3.8, 4) is 12.3 Å². The molecule has 0 aliphatic carbocycles. The van der Waals surface area contributed by atoms with Crippen molar-refractivity contribution in [3.05, 3.63) is 76.4 Å². The molecule has 0 nitrogen and oxygen atoms in total. The minimum absolute atomic E-state index is 0.708. The van der Waals surface area contributed by atoms with E-state index < -0.39 is 0 Å². The van der Waals surface area contributed by atoms with E-state index in [1.165, 1.54) is 47.1 Å². The molecule has 0 heteroatoms. The number of benzene rings is 2. The summed E-state index contributed by atoms with van der Waals surface area (Å²) in [5, 5.41) is 0. The van der Waals surface area contributed by atoms with Crippen LogP contribution in [0.25, 0.3) is 5.57 Å². The summed E-state index contributed by atoms with van der Waals surface area (Å²) in [6.45, 7) is 12.7. The Hall–Kier alpha value is -2.26. The highest BCUT2D eigenvalue weighted by Gasteiger charge is 2.08. The van der Waals surface area contributed by atoms with Crippen LogP contribution in [0.1, 0.15) is 89.0 Å². The number of allylic oxidation sites excluding steroid dienone is 2. The lowest BCUT2D eigenvalue weighted by Crippen LogP contribution is -1.98. The predicted molar refractivity (Wildman–Crippen MR) is 127 cm³/mol. The fraction of sp³-hybridized carbons (Fsp3) is 0.429. The molecule has 0 aromatic heterocycles. The van der Waals surface area contributed by atoms with Crippen LogP contribution in [0, 0.1) is 12.3 Å². The first kappa shape index (κ1) is 23.8. The molecule has 0 saturated heterocycles. The van der Waals surface area contributed by atoms with Crippen LogP contribution in [-0.4, -0.2) is 0 Å². The van der Waals surface area contributed by atoms with E-state index in [1.807, 2.05) is 20.8 Å². The van der Waals surface area contributed by atoms with Crippen molar-refractivity contribution in [2.75, 3.05) is 0 Å². The first-order valence-corrected chi connectivity index (χ1v) is 10.9. The Morgan fingerprint density at radius 3 is 2.14 bits per heavy atom. The molecule has 0 aliphatic rings. The quantitative estimate of drug-likeness (QED) is 0.408. The topological polar surface area (TPSA) is 0 Å². The van der Waals surface area contributed by atoms with Gasteiger partial charge in [-0.25, -0.2) is 0 Å². The van der Waals surface area contributed by atoms with Gasteiger partial charge in [-0.3, -0.25) is 0 Å². The second kappa shape index (κ2) is 13.0. The standard InChI is InChI=1S/C26H32.C2H6/c1-6-10-24(8-3)25-17-15-22(16-18-25)13-14-23-11-9-12-26(19-23)21(5)20(4)7-2;1-2/h2,9,11-12,15-19,24H,6,8,10,13-14H2,1,3-5H3;1-2H3/b21-20-;. The van der Waals surface area contributed by atoms with Crippen molar-refractivity contribution < 1.29 is 0 Å². The largest absolute Gasteiger partial charge is 0.115 e. The Labute approximate surface area is 174 Å². The molecule has 0 N–H and O–H groups in total. The van der Waals surface area contributed by atoms with E-state index in [0.717, 1.165) is 18.4 Å². The summed E-state index contributed by atoms with van der Waals surface area (Å²) in [6, 6.07) is 18.1. The summed E-state index contributed by atoms with van der Waals surface area (Å²) >= 11 is 0. The van der Waals surface area contributed by atoms with Crippen LogP contribution >= 0.6 is 0 Å². The van der Waals surface area contributed by atoms with Crippen LogP contribution in [0.5, 0.6) is 0 Å². The van der Waals surface area contributed by atoms with Gasteiger partial charge in [0.15, 0.2) is 0 Å². The van der Waals surface area contributed by atoms with Crippen molar-refractivity contribution in [1.82, 2.24) is 0 Å². The van der Waals surface area contributed by atoms with Crippen LogP contribution < -0.4 is 0 Å². The van der Waals surface area contributed by atoms with Gasteiger partial charge in [-0.15, -0.1) is 6.42 Å². The smallest absolute Gasteiger partial charge is 0.00217 e. The number of rotatable bonds is 8. The normalized spacial score (nSPS) is 12.3. The number of terminal acetylenes is 1. The third-order valence-corrected chi connectivity index (χ3v) is 5.42. The van der Waals surface area contributed by atoms with E-state index in [4.69, 9.17) is 6.42 Å². The molecule has 150 valence electrons. The van der Waals surface area contributed by atoms with Crippen LogP contribution in [0.15, 0.2) is 54.1 Å². The summed E-state index contributed by atoms with van der Waals surface area (Å²) in [5.74, 6) is 3.46. The number of hydrogen-bond acceptors (Lipinski definition) is 0. The Balaban J connectivity index is 0.00000190. The average molecular weight is 375 g/mol. The fourth-order valence-electron chi connectivity index (χ4n) is 3.48. The van der Waals surface area contributed by atoms with Crippen LogP contribution in [-0.2, 0) is 12.8 Å². The monoisotopic (exact) mass is 374 g/mol. The third kappa shape index (κ3) is 7.05. The molecule has 1 unspecified atom stereocenters. The average Bonchev–Trinajstić information content (AvgIpc) is 2.77. The molecule has 0 amide bonds. The molecule has 28 heavy (non-hydrogen) atoms. The second-order valence-electron chi connectivity index (χ2n) is 7.23. The Morgan fingerprint density at radius 1 is 0.929 bits per heavy atom. The zero-order chi connectivity index (χ0) is 20.9. The van der Waals surface area contributed by atoms with Crippen molar-refractivity contribution in [3.63, 3.8) is 0 Å². The minimum Gasteiger partial charge on any atom is -0.115 e. The van der Waals surface area contributed by atoms with Crippen LogP contribution in [0.4, 0.5) is 0 Å². The molecule has 0 saturated carbocycles. The van der Waals surface area contributed by atoms with Gasteiger partial charge in [-0.2, -0.15) is 0 Å². The zero-order valence-corrected chi connectivity index (χ0v) is 18.8. The van der Waals surface area contributed by atoms with Gasteiger partial charge < -0.3 is 0 Å². The maximum Gasteiger partial charge on any atom is 0.00217 e. The highest BCUT2D eigenvalue weighted by atomic mass is 14.1. The fourth-order valence-corrected chi connectivity index (χ4v) is 3.48. The van der Waals surface area contributed by atoms with Crippen molar-refractivity contribution in [2.45, 2.75) is 79.6 Å². The molecular weight excluding hydrogens is 336 g/mol. The highest BCUT2D eigenvalue weighted by Crippen LogP contribution is 2.25. The molecule has 2 aromatic carbocycles. The minimum atomic E-state index is 0.708. The summed E-state index contributed by atoms with van der Waals surface area (Å²) in [5.41, 5.74) is 7.71. The van der Waals surface area contributed by atoms with Gasteiger partial charge in [0.05, 0.1) is 0 Å². The molecule has 0 fully saturated rings. The maximum absolute atomic E-state index is 5.54. The maximum atomic E-state index is 5.54. The van der Waals surface area contributed by atoms with E-state index in [2.05, 4.69) is 75.2 Å². The van der Waals surface area contributed by atoms with Crippen LogP contribution in [0.3, 0.4) is 0 Å². The van der Waals surface area contributed by atoms with Crippen molar-refractivity contribution in [1.29, 1.82) is 0 Å². The SMILES string of the molecule is C#C/C(C)=C(/C)c1cccc(CCc2ccc(C(CC)CCC)cc2)c1.CC. The van der Waals surface area contributed by atoms with Gasteiger partial charge in [0, 0.05) is 5.57 Å². The molecule has 0 heterocycles. The van der Waals surface area contributed by atoms with E-state index in [-0.39, 0.29) is 0 Å². The molecule has 0 aliphatic heterocycles. The molecule has 2 aromatic rings. The van der Waals surface area contributed by atoms with Crippen molar-refractivity contribution >= 4 is 5.57 Å². The molecule has 0 spiro atoms. The van der Waals surface area contributed by atoms with E-state index >= 15 is 0 Å². The van der Waals surface area contributed by atoms with Gasteiger partial charge in [0.1, 0.15) is 0 Å². The summed E-state index contributed by atoms with van der Waals surface area (Å²) in [4.78, 5) is 0. The van der Waals surface area contributed by atoms with E-state index in [9.17, 15) is 0 Å². The summed E-state index contributed by atoms with van der Waals surface area (Å²) in [6.07, 6.45) is 11.4. The lowest BCUT2D eigenvalue weighted by Gasteiger charge is -2.14. The third-order valence-electron chi connectivity index (χ3n) is 5.42. The van der Waals surface area contributed by atoms with Crippen LogP contribution in [0.2, 0.25) is 0 Å². The summed E-state index contributed by atoms with van der Waals surface area (Å²) < 4.78 is 0. The lowest BCUT2D eigenvalue weighted by molar-refractivity contribution is 0.596. The number of aryl methyl sites for hydroxylation is 2. The predicted octanol–water partition coefficient (Wildman–Crippen LogP) is 8.22. The van der Waals surface area contributed by atoms with Gasteiger partial charge in [0.25, 0.3) is 0 Å². The first-order chi connectivity index (χ1) is 13.6. The van der Waals surface area contributed by atoms with E-state index in [1.54, 1.807) is 0 Å². The Bertz CT molecular complexity index is 768. The highest BCUT2D eigenvalue weighted by molar-refractivity contribution is 5.70. The molecule has 2 rings (SSSR count). The Kier molecular flexibility index (Phi) is 11.0. The summed E-state index contributed by atoms with van der Waals surface area (Å²) in [7, 11) is 0. The molecule has 0 radical (unpaired) electrons. The molecular formula is C28H38.